The molecule has 0 atom stereocenters. The first-order valence-electron chi connectivity index (χ1n) is 5.63. The van der Waals surface area contributed by atoms with Crippen LogP contribution in [0, 0.1) is 12.7 Å². The van der Waals surface area contributed by atoms with Crippen LogP contribution in [-0.2, 0) is 6.61 Å². The van der Waals surface area contributed by atoms with Crippen LogP contribution < -0.4 is 4.74 Å². The molecule has 2 aromatic rings. The Kier molecular flexibility index (Phi) is 3.72. The molecule has 0 aliphatic heterocycles. The van der Waals surface area contributed by atoms with Crippen molar-refractivity contribution in [3.8, 4) is 5.75 Å². The molecule has 2 rings (SSSR count). The number of rotatable bonds is 4. The summed E-state index contributed by atoms with van der Waals surface area (Å²) in [6.07, 6.45) is 0.609. The zero-order chi connectivity index (χ0) is 13.0. The van der Waals surface area contributed by atoms with Crippen LogP contribution in [0.1, 0.15) is 21.5 Å². The number of benzene rings is 2. The third-order valence-corrected chi connectivity index (χ3v) is 2.69. The molecule has 0 saturated carbocycles. The highest BCUT2D eigenvalue weighted by atomic mass is 19.1. The monoisotopic (exact) mass is 244 g/mol. The van der Waals surface area contributed by atoms with E-state index >= 15 is 0 Å². The van der Waals surface area contributed by atoms with Crippen LogP contribution in [0.4, 0.5) is 4.39 Å². The smallest absolute Gasteiger partial charge is 0.150 e. The Morgan fingerprint density at radius 1 is 1.22 bits per heavy atom. The summed E-state index contributed by atoms with van der Waals surface area (Å²) < 4.78 is 19.1. The first-order chi connectivity index (χ1) is 8.70. The quantitative estimate of drug-likeness (QED) is 0.769. The Morgan fingerprint density at radius 3 is 2.61 bits per heavy atom. The molecule has 3 heteroatoms. The van der Waals surface area contributed by atoms with Crippen LogP contribution in [0.5, 0.6) is 5.75 Å². The third-order valence-electron chi connectivity index (χ3n) is 2.69. The largest absolute Gasteiger partial charge is 0.489 e. The molecular weight excluding hydrogens is 231 g/mol. The molecule has 0 bridgehead atoms. The van der Waals surface area contributed by atoms with Crippen molar-refractivity contribution in [3.05, 3.63) is 65.0 Å². The maximum atomic E-state index is 13.5. The van der Waals surface area contributed by atoms with Gasteiger partial charge in [-0.2, -0.15) is 0 Å². The van der Waals surface area contributed by atoms with E-state index < -0.39 is 5.82 Å². The molecular formula is C15H13FO2. The van der Waals surface area contributed by atoms with Gasteiger partial charge in [0.25, 0.3) is 0 Å². The molecule has 0 aliphatic rings. The summed E-state index contributed by atoms with van der Waals surface area (Å²) in [4.78, 5) is 10.7. The van der Waals surface area contributed by atoms with E-state index in [1.807, 2.05) is 30.3 Å². The van der Waals surface area contributed by atoms with Gasteiger partial charge >= 0.3 is 0 Å². The lowest BCUT2D eigenvalue weighted by Crippen LogP contribution is -1.99. The lowest BCUT2D eigenvalue weighted by molar-refractivity contribution is 0.112. The summed E-state index contributed by atoms with van der Waals surface area (Å²) in [5.74, 6) is -0.0244. The van der Waals surface area contributed by atoms with Gasteiger partial charge in [0.2, 0.25) is 0 Å². The van der Waals surface area contributed by atoms with Crippen molar-refractivity contribution >= 4 is 6.29 Å². The summed E-state index contributed by atoms with van der Waals surface area (Å²) >= 11 is 0. The predicted octanol–water partition coefficient (Wildman–Crippen LogP) is 3.53. The fourth-order valence-electron chi connectivity index (χ4n) is 1.63. The van der Waals surface area contributed by atoms with Crippen molar-refractivity contribution in [2.75, 3.05) is 0 Å². The van der Waals surface area contributed by atoms with E-state index in [2.05, 4.69) is 0 Å². The number of hydrogen-bond donors (Lipinski definition) is 0. The van der Waals surface area contributed by atoms with E-state index in [-0.39, 0.29) is 5.56 Å². The van der Waals surface area contributed by atoms with Crippen molar-refractivity contribution in [1.29, 1.82) is 0 Å². The third kappa shape index (κ3) is 2.74. The second-order valence-electron chi connectivity index (χ2n) is 4.02. The minimum atomic E-state index is -0.428. The van der Waals surface area contributed by atoms with Crippen LogP contribution in [0.25, 0.3) is 0 Å². The van der Waals surface area contributed by atoms with E-state index in [4.69, 9.17) is 4.74 Å². The molecule has 2 nitrogen and oxygen atoms in total. The lowest BCUT2D eigenvalue weighted by atomic mass is 10.1. The summed E-state index contributed by atoms with van der Waals surface area (Å²) in [5, 5.41) is 0. The molecule has 0 saturated heterocycles. The molecule has 0 N–H and O–H groups in total. The maximum Gasteiger partial charge on any atom is 0.150 e. The zero-order valence-corrected chi connectivity index (χ0v) is 10.0. The van der Waals surface area contributed by atoms with Crippen molar-refractivity contribution in [3.63, 3.8) is 0 Å². The molecule has 0 aromatic heterocycles. The van der Waals surface area contributed by atoms with Gasteiger partial charge in [0.05, 0.1) is 0 Å². The topological polar surface area (TPSA) is 26.3 Å². The molecule has 0 fully saturated rings. The Bertz CT molecular complexity index is 550. The minimum Gasteiger partial charge on any atom is -0.489 e. The number of carbonyl (C=O) groups is 1. The van der Waals surface area contributed by atoms with E-state index in [0.29, 0.717) is 24.2 Å². The fraction of sp³-hybridized carbons (Fsp3) is 0.133. The highest BCUT2D eigenvalue weighted by molar-refractivity contribution is 5.76. The summed E-state index contributed by atoms with van der Waals surface area (Å²) in [5.41, 5.74) is 1.69. The summed E-state index contributed by atoms with van der Waals surface area (Å²) in [7, 11) is 0. The van der Waals surface area contributed by atoms with Crippen molar-refractivity contribution in [1.82, 2.24) is 0 Å². The molecule has 0 amide bonds. The van der Waals surface area contributed by atoms with Crippen molar-refractivity contribution in [2.24, 2.45) is 0 Å². The highest BCUT2D eigenvalue weighted by Gasteiger charge is 2.08. The van der Waals surface area contributed by atoms with Crippen LogP contribution in [0.2, 0.25) is 0 Å². The fourth-order valence-corrected chi connectivity index (χ4v) is 1.63. The first kappa shape index (κ1) is 12.3. The highest BCUT2D eigenvalue weighted by Crippen LogP contribution is 2.23. The van der Waals surface area contributed by atoms with E-state index in [1.165, 1.54) is 6.07 Å². The number of hydrogen-bond acceptors (Lipinski definition) is 2. The van der Waals surface area contributed by atoms with Gasteiger partial charge in [-0.05, 0) is 24.6 Å². The van der Waals surface area contributed by atoms with Gasteiger partial charge in [0.15, 0.2) is 0 Å². The van der Waals surface area contributed by atoms with Gasteiger partial charge in [0, 0.05) is 11.1 Å². The standard InChI is InChI=1S/C15H13FO2/c1-11-14(16)7-13(9-17)8-15(11)18-10-12-5-3-2-4-6-12/h2-9H,10H2,1H3. The Balaban J connectivity index is 2.19. The Labute approximate surface area is 105 Å². The number of halogens is 1. The first-order valence-corrected chi connectivity index (χ1v) is 5.63. The molecule has 18 heavy (non-hydrogen) atoms. The predicted molar refractivity (Wildman–Crippen MR) is 67.3 cm³/mol. The number of ether oxygens (including phenoxy) is 1. The molecule has 2 aromatic carbocycles. The summed E-state index contributed by atoms with van der Waals surface area (Å²) in [6.45, 7) is 1.98. The van der Waals surface area contributed by atoms with Crippen LogP contribution in [0.3, 0.4) is 0 Å². The summed E-state index contributed by atoms with van der Waals surface area (Å²) in [6, 6.07) is 12.3. The Hall–Kier alpha value is -2.16. The molecule has 0 aliphatic carbocycles. The van der Waals surface area contributed by atoms with Gasteiger partial charge in [-0.1, -0.05) is 30.3 Å². The second-order valence-corrected chi connectivity index (χ2v) is 4.02. The maximum absolute atomic E-state index is 13.5. The van der Waals surface area contributed by atoms with Gasteiger partial charge in [0.1, 0.15) is 24.5 Å². The van der Waals surface area contributed by atoms with E-state index in [9.17, 15) is 9.18 Å². The number of carbonyl (C=O) groups excluding carboxylic acids is 1. The molecule has 92 valence electrons. The number of aldehydes is 1. The van der Waals surface area contributed by atoms with Crippen LogP contribution >= 0.6 is 0 Å². The molecule has 0 unspecified atom stereocenters. The molecule has 0 heterocycles. The molecule has 0 radical (unpaired) electrons. The second kappa shape index (κ2) is 5.45. The van der Waals surface area contributed by atoms with E-state index in [0.717, 1.165) is 5.56 Å². The van der Waals surface area contributed by atoms with E-state index in [1.54, 1.807) is 13.0 Å². The Morgan fingerprint density at radius 2 is 1.94 bits per heavy atom. The lowest BCUT2D eigenvalue weighted by Gasteiger charge is -2.10. The molecule has 0 spiro atoms. The van der Waals surface area contributed by atoms with Crippen molar-refractivity contribution in [2.45, 2.75) is 13.5 Å². The van der Waals surface area contributed by atoms with Crippen LogP contribution in [0.15, 0.2) is 42.5 Å². The average molecular weight is 244 g/mol. The zero-order valence-electron chi connectivity index (χ0n) is 10.0. The van der Waals surface area contributed by atoms with Gasteiger partial charge in [-0.25, -0.2) is 4.39 Å². The van der Waals surface area contributed by atoms with Crippen LogP contribution in [-0.4, -0.2) is 6.29 Å². The SMILES string of the molecule is Cc1c(F)cc(C=O)cc1OCc1ccccc1. The van der Waals surface area contributed by atoms with Gasteiger partial charge in [-0.15, -0.1) is 0 Å². The van der Waals surface area contributed by atoms with Crippen molar-refractivity contribution < 1.29 is 13.9 Å². The average Bonchev–Trinajstić information content (AvgIpc) is 2.41. The minimum absolute atomic E-state index is 0.279. The van der Waals surface area contributed by atoms with Gasteiger partial charge in [-0.3, -0.25) is 4.79 Å². The normalized spacial score (nSPS) is 10.1. The van der Waals surface area contributed by atoms with Gasteiger partial charge < -0.3 is 4.74 Å².